The summed E-state index contributed by atoms with van der Waals surface area (Å²) >= 11 is 3.52. The fourth-order valence-corrected chi connectivity index (χ4v) is 2.68. The second kappa shape index (κ2) is 4.93. The van der Waals surface area contributed by atoms with Crippen LogP contribution in [0.2, 0.25) is 0 Å². The zero-order valence-corrected chi connectivity index (χ0v) is 11.3. The summed E-state index contributed by atoms with van der Waals surface area (Å²) in [7, 11) is 0. The number of carbonyl (C=O) groups excluding carboxylic acids is 1. The molecular weight excluding hydrogens is 278 g/mol. The number of halogens is 1. The van der Waals surface area contributed by atoms with Crippen molar-refractivity contribution in [1.29, 1.82) is 0 Å². The highest BCUT2D eigenvalue weighted by Gasteiger charge is 2.30. The average Bonchev–Trinajstić information content (AvgIpc) is 2.70. The number of hydrogen-bond donors (Lipinski definition) is 0. The fourth-order valence-electron chi connectivity index (χ4n) is 2.04. The molecule has 0 radical (unpaired) electrons. The van der Waals surface area contributed by atoms with Crippen LogP contribution in [0.1, 0.15) is 18.9 Å². The first-order valence-electron chi connectivity index (χ1n) is 5.70. The van der Waals surface area contributed by atoms with Crippen LogP contribution >= 0.6 is 15.9 Å². The van der Waals surface area contributed by atoms with E-state index in [1.165, 1.54) is 5.56 Å². The monoisotopic (exact) mass is 291 g/mol. The molecule has 2 nitrogen and oxygen atoms in total. The molecule has 17 heavy (non-hydrogen) atoms. The Morgan fingerprint density at radius 3 is 2.88 bits per heavy atom. The van der Waals surface area contributed by atoms with Gasteiger partial charge >= 0.3 is 0 Å². The van der Waals surface area contributed by atoms with E-state index in [1.807, 2.05) is 6.07 Å². The predicted octanol–water partition coefficient (Wildman–Crippen LogP) is 3.00. The van der Waals surface area contributed by atoms with Gasteiger partial charge in [0.25, 0.3) is 0 Å². The van der Waals surface area contributed by atoms with Crippen molar-refractivity contribution >= 4 is 27.5 Å². The number of aryl methyl sites for hydroxylation is 1. The van der Waals surface area contributed by atoms with Crippen molar-refractivity contribution in [2.24, 2.45) is 5.92 Å². The van der Waals surface area contributed by atoms with Crippen LogP contribution in [-0.2, 0) is 11.2 Å². The second-order valence-corrected chi connectivity index (χ2v) is 5.07. The smallest absolute Gasteiger partial charge is 0.228 e. The molecule has 1 aliphatic heterocycles. The quantitative estimate of drug-likeness (QED) is 0.767. The molecule has 0 aromatic heterocycles. The van der Waals surface area contributed by atoms with Gasteiger partial charge < -0.3 is 4.90 Å². The van der Waals surface area contributed by atoms with Crippen LogP contribution in [0.4, 0.5) is 5.69 Å². The molecule has 1 heterocycles. The summed E-state index contributed by atoms with van der Waals surface area (Å²) in [6.07, 6.45) is 6.82. The third-order valence-corrected chi connectivity index (χ3v) is 3.71. The molecule has 1 aliphatic rings. The molecule has 0 saturated carbocycles. The fraction of sp³-hybridized carbons (Fsp3) is 0.357. The molecule has 1 aromatic rings. The van der Waals surface area contributed by atoms with E-state index in [4.69, 9.17) is 6.42 Å². The van der Waals surface area contributed by atoms with Crippen LogP contribution in [0.15, 0.2) is 22.7 Å². The lowest BCUT2D eigenvalue weighted by molar-refractivity contribution is -0.117. The number of benzene rings is 1. The van der Waals surface area contributed by atoms with Crippen molar-refractivity contribution < 1.29 is 4.79 Å². The number of terminal acetylenes is 1. The molecule has 0 aliphatic carbocycles. The lowest BCUT2D eigenvalue weighted by Gasteiger charge is -2.18. The van der Waals surface area contributed by atoms with E-state index in [0.717, 1.165) is 16.6 Å². The molecule has 3 heteroatoms. The van der Waals surface area contributed by atoms with Crippen molar-refractivity contribution in [1.82, 2.24) is 0 Å². The summed E-state index contributed by atoms with van der Waals surface area (Å²) in [6, 6.07) is 6.10. The van der Waals surface area contributed by atoms with Gasteiger partial charge in [0.1, 0.15) is 0 Å². The van der Waals surface area contributed by atoms with Gasteiger partial charge in [0.05, 0.1) is 5.69 Å². The van der Waals surface area contributed by atoms with Gasteiger partial charge in [-0.15, -0.1) is 12.3 Å². The minimum atomic E-state index is 0.0419. The average molecular weight is 292 g/mol. The molecule has 0 bridgehead atoms. The Morgan fingerprint density at radius 1 is 1.59 bits per heavy atom. The van der Waals surface area contributed by atoms with Crippen LogP contribution in [0.5, 0.6) is 0 Å². The summed E-state index contributed by atoms with van der Waals surface area (Å²) in [5.41, 5.74) is 2.17. The minimum absolute atomic E-state index is 0.0419. The molecular formula is C14H14BrNO. The second-order valence-electron chi connectivity index (χ2n) is 4.21. The Labute approximate surface area is 110 Å². The normalized spacial score (nSPS) is 19.5. The van der Waals surface area contributed by atoms with Crippen molar-refractivity contribution in [3.05, 3.63) is 28.2 Å². The molecule has 1 atom stereocenters. The Morgan fingerprint density at radius 2 is 2.35 bits per heavy atom. The molecule has 1 amide bonds. The highest BCUT2D eigenvalue weighted by molar-refractivity contribution is 9.10. The first-order valence-corrected chi connectivity index (χ1v) is 6.50. The summed E-state index contributed by atoms with van der Waals surface area (Å²) in [6.45, 7) is 2.73. The largest absolute Gasteiger partial charge is 0.310 e. The van der Waals surface area contributed by atoms with E-state index < -0.39 is 0 Å². The van der Waals surface area contributed by atoms with Crippen molar-refractivity contribution in [2.45, 2.75) is 19.8 Å². The van der Waals surface area contributed by atoms with E-state index in [9.17, 15) is 4.79 Å². The number of rotatable bonds is 2. The van der Waals surface area contributed by atoms with Gasteiger partial charge in [0, 0.05) is 23.4 Å². The van der Waals surface area contributed by atoms with Crippen LogP contribution in [-0.4, -0.2) is 12.5 Å². The first kappa shape index (κ1) is 12.2. The molecule has 1 fully saturated rings. The van der Waals surface area contributed by atoms with E-state index >= 15 is 0 Å². The molecule has 1 saturated heterocycles. The third kappa shape index (κ3) is 2.37. The van der Waals surface area contributed by atoms with Gasteiger partial charge in [-0.3, -0.25) is 4.79 Å². The molecule has 1 unspecified atom stereocenters. The van der Waals surface area contributed by atoms with Gasteiger partial charge in [-0.1, -0.05) is 13.0 Å². The minimum Gasteiger partial charge on any atom is -0.310 e. The lowest BCUT2D eigenvalue weighted by Crippen LogP contribution is -2.24. The predicted molar refractivity (Wildman–Crippen MR) is 72.8 cm³/mol. The van der Waals surface area contributed by atoms with Gasteiger partial charge in [0.2, 0.25) is 5.91 Å². The van der Waals surface area contributed by atoms with Gasteiger partial charge in [-0.25, -0.2) is 0 Å². The Bertz CT molecular complexity index is 489. The standard InChI is InChI=1S/C14H14BrNO/c1-3-10-5-6-13(12(15)7-10)16-9-11(4-2)8-14(16)17/h2,5-7,11H,3,8-9H2,1H3. The number of carbonyl (C=O) groups is 1. The first-order chi connectivity index (χ1) is 8.15. The van der Waals surface area contributed by atoms with Gasteiger partial charge in [-0.2, -0.15) is 0 Å². The van der Waals surface area contributed by atoms with E-state index in [-0.39, 0.29) is 11.8 Å². The summed E-state index contributed by atoms with van der Waals surface area (Å²) in [4.78, 5) is 13.6. The van der Waals surface area contributed by atoms with E-state index in [2.05, 4.69) is 40.9 Å². The van der Waals surface area contributed by atoms with Crippen molar-refractivity contribution in [3.63, 3.8) is 0 Å². The van der Waals surface area contributed by atoms with Gasteiger partial charge in [0.15, 0.2) is 0 Å². The maximum atomic E-state index is 11.9. The Balaban J connectivity index is 2.29. The number of anilines is 1. The van der Waals surface area contributed by atoms with Crippen LogP contribution < -0.4 is 4.90 Å². The maximum absolute atomic E-state index is 11.9. The van der Waals surface area contributed by atoms with E-state index in [1.54, 1.807) is 4.90 Å². The topological polar surface area (TPSA) is 20.3 Å². The maximum Gasteiger partial charge on any atom is 0.228 e. The molecule has 0 N–H and O–H groups in total. The third-order valence-electron chi connectivity index (χ3n) is 3.07. The molecule has 88 valence electrons. The molecule has 0 spiro atoms. The molecule has 2 rings (SSSR count). The van der Waals surface area contributed by atoms with Crippen LogP contribution in [0.25, 0.3) is 0 Å². The van der Waals surface area contributed by atoms with Crippen molar-refractivity contribution in [2.75, 3.05) is 11.4 Å². The summed E-state index contributed by atoms with van der Waals surface area (Å²) < 4.78 is 0.961. The summed E-state index contributed by atoms with van der Waals surface area (Å²) in [5.74, 6) is 2.81. The zero-order valence-electron chi connectivity index (χ0n) is 9.74. The van der Waals surface area contributed by atoms with Crippen LogP contribution in [0, 0.1) is 18.3 Å². The highest BCUT2D eigenvalue weighted by Crippen LogP contribution is 2.32. The Hall–Kier alpha value is -1.27. The highest BCUT2D eigenvalue weighted by atomic mass is 79.9. The zero-order chi connectivity index (χ0) is 12.4. The molecule has 1 aromatic carbocycles. The number of hydrogen-bond acceptors (Lipinski definition) is 1. The van der Waals surface area contributed by atoms with Crippen molar-refractivity contribution in [3.8, 4) is 12.3 Å². The van der Waals surface area contributed by atoms with E-state index in [0.29, 0.717) is 13.0 Å². The number of nitrogens with zero attached hydrogens (tertiary/aromatic N) is 1. The SMILES string of the molecule is C#CC1CC(=O)N(c2ccc(CC)cc2Br)C1. The van der Waals surface area contributed by atoms with Gasteiger partial charge in [-0.05, 0) is 40.0 Å². The lowest BCUT2D eigenvalue weighted by atomic mass is 10.1. The summed E-state index contributed by atoms with van der Waals surface area (Å²) in [5, 5.41) is 0. The Kier molecular flexibility index (Phi) is 3.54. The number of amides is 1. The van der Waals surface area contributed by atoms with Crippen LogP contribution in [0.3, 0.4) is 0 Å².